The van der Waals surface area contributed by atoms with E-state index in [0.717, 1.165) is 11.1 Å². The van der Waals surface area contributed by atoms with Crippen molar-refractivity contribution in [2.75, 3.05) is 14.2 Å². The molecule has 7 nitrogen and oxygen atoms in total. The molecule has 0 aliphatic rings. The van der Waals surface area contributed by atoms with E-state index in [0.29, 0.717) is 17.3 Å². The van der Waals surface area contributed by atoms with E-state index < -0.39 is 5.97 Å². The van der Waals surface area contributed by atoms with Crippen LogP contribution < -0.4 is 9.47 Å². The average Bonchev–Trinajstić information content (AvgIpc) is 3.14. The van der Waals surface area contributed by atoms with Gasteiger partial charge in [-0.25, -0.2) is 4.79 Å². The van der Waals surface area contributed by atoms with Crippen LogP contribution in [0.5, 0.6) is 11.5 Å². The van der Waals surface area contributed by atoms with Crippen molar-refractivity contribution in [2.45, 2.75) is 13.5 Å². The molecule has 0 unspecified atom stereocenters. The number of para-hydroxylation sites is 1. The molecule has 1 aromatic heterocycles. The van der Waals surface area contributed by atoms with Crippen LogP contribution in [0.3, 0.4) is 0 Å². The Kier molecular flexibility index (Phi) is 5.17. The molecular weight excluding hydrogens is 336 g/mol. The Bertz CT molecular complexity index is 920. The third kappa shape index (κ3) is 3.51. The number of aromatic nitrogens is 2. The van der Waals surface area contributed by atoms with Crippen molar-refractivity contribution in [3.05, 3.63) is 59.5 Å². The van der Waals surface area contributed by atoms with E-state index in [1.807, 2.05) is 31.2 Å². The molecule has 0 saturated carbocycles. The van der Waals surface area contributed by atoms with E-state index >= 15 is 0 Å². The average molecular weight is 354 g/mol. The Balaban J connectivity index is 1.72. The Morgan fingerprint density at radius 3 is 2.62 bits per heavy atom. The molecule has 0 radical (unpaired) electrons. The van der Waals surface area contributed by atoms with Gasteiger partial charge < -0.3 is 18.7 Å². The summed E-state index contributed by atoms with van der Waals surface area (Å²) in [7, 11) is 2.96. The lowest BCUT2D eigenvalue weighted by Gasteiger charge is -2.11. The van der Waals surface area contributed by atoms with Crippen LogP contribution in [-0.2, 0) is 11.3 Å². The first kappa shape index (κ1) is 17.5. The summed E-state index contributed by atoms with van der Waals surface area (Å²) in [6.45, 7) is 1.82. The summed E-state index contributed by atoms with van der Waals surface area (Å²) in [5, 5.41) is 3.94. The van der Waals surface area contributed by atoms with Gasteiger partial charge in [0.2, 0.25) is 5.82 Å². The molecule has 7 heteroatoms. The predicted octanol–water partition coefficient (Wildman–Crippen LogP) is 3.42. The second-order valence-corrected chi connectivity index (χ2v) is 5.44. The zero-order valence-corrected chi connectivity index (χ0v) is 14.7. The van der Waals surface area contributed by atoms with Crippen LogP contribution in [-0.4, -0.2) is 30.3 Å². The molecule has 0 spiro atoms. The van der Waals surface area contributed by atoms with Gasteiger partial charge in [0.15, 0.2) is 18.1 Å². The number of benzene rings is 2. The smallest absolute Gasteiger partial charge is 0.342 e. The Morgan fingerprint density at radius 2 is 1.88 bits per heavy atom. The second-order valence-electron chi connectivity index (χ2n) is 5.44. The normalized spacial score (nSPS) is 10.4. The molecule has 0 amide bonds. The topological polar surface area (TPSA) is 83.7 Å². The van der Waals surface area contributed by atoms with E-state index in [1.165, 1.54) is 14.2 Å². The molecule has 0 saturated heterocycles. The van der Waals surface area contributed by atoms with E-state index in [2.05, 4.69) is 10.1 Å². The lowest BCUT2D eigenvalue weighted by atomic mass is 10.1. The van der Waals surface area contributed by atoms with Crippen LogP contribution in [0.25, 0.3) is 11.4 Å². The summed E-state index contributed by atoms with van der Waals surface area (Å²) in [5.41, 5.74) is 2.15. The highest BCUT2D eigenvalue weighted by molar-refractivity contribution is 5.93. The number of esters is 1. The third-order valence-electron chi connectivity index (χ3n) is 3.80. The highest BCUT2D eigenvalue weighted by Gasteiger charge is 2.19. The molecule has 0 aliphatic carbocycles. The molecular formula is C19H18N2O5. The number of carbonyl (C=O) groups is 1. The van der Waals surface area contributed by atoms with Gasteiger partial charge in [0.1, 0.15) is 5.56 Å². The number of rotatable bonds is 6. The number of nitrogens with zero attached hydrogens (tertiary/aromatic N) is 2. The van der Waals surface area contributed by atoms with E-state index in [4.69, 9.17) is 18.7 Å². The van der Waals surface area contributed by atoms with Crippen LogP contribution in [0, 0.1) is 6.92 Å². The number of hydrogen-bond acceptors (Lipinski definition) is 7. The number of aryl methyl sites for hydroxylation is 1. The first-order valence-electron chi connectivity index (χ1n) is 7.90. The highest BCUT2D eigenvalue weighted by Crippen LogP contribution is 2.31. The van der Waals surface area contributed by atoms with Crippen LogP contribution in [0.1, 0.15) is 21.8 Å². The van der Waals surface area contributed by atoms with E-state index in [1.54, 1.807) is 18.2 Å². The van der Waals surface area contributed by atoms with Gasteiger partial charge in [-0.05, 0) is 24.6 Å². The van der Waals surface area contributed by atoms with Crippen molar-refractivity contribution in [1.29, 1.82) is 0 Å². The largest absolute Gasteiger partial charge is 0.493 e. The molecule has 2 aromatic carbocycles. The van der Waals surface area contributed by atoms with Gasteiger partial charge in [0, 0.05) is 5.56 Å². The van der Waals surface area contributed by atoms with Crippen LogP contribution in [0.4, 0.5) is 0 Å². The van der Waals surface area contributed by atoms with Crippen molar-refractivity contribution < 1.29 is 23.5 Å². The van der Waals surface area contributed by atoms with Crippen molar-refractivity contribution in [3.63, 3.8) is 0 Å². The maximum Gasteiger partial charge on any atom is 0.342 e. The van der Waals surface area contributed by atoms with Gasteiger partial charge in [-0.3, -0.25) is 0 Å². The fourth-order valence-electron chi connectivity index (χ4n) is 2.50. The molecule has 0 N–H and O–H groups in total. The van der Waals surface area contributed by atoms with Gasteiger partial charge in [0.25, 0.3) is 5.89 Å². The predicted molar refractivity (Wildman–Crippen MR) is 93.1 cm³/mol. The number of methoxy groups -OCH3 is 2. The molecule has 26 heavy (non-hydrogen) atoms. The van der Waals surface area contributed by atoms with Gasteiger partial charge in [-0.2, -0.15) is 4.98 Å². The third-order valence-corrected chi connectivity index (χ3v) is 3.80. The summed E-state index contributed by atoms with van der Waals surface area (Å²) >= 11 is 0. The molecule has 0 bridgehead atoms. The maximum atomic E-state index is 12.3. The van der Waals surface area contributed by atoms with Gasteiger partial charge in [-0.15, -0.1) is 0 Å². The summed E-state index contributed by atoms with van der Waals surface area (Å²) in [6, 6.07) is 12.7. The zero-order chi connectivity index (χ0) is 18.5. The molecule has 0 atom stereocenters. The zero-order valence-electron chi connectivity index (χ0n) is 14.7. The maximum absolute atomic E-state index is 12.3. The minimum atomic E-state index is -0.573. The summed E-state index contributed by atoms with van der Waals surface area (Å²) < 4.78 is 20.9. The quantitative estimate of drug-likeness (QED) is 0.627. The minimum Gasteiger partial charge on any atom is -0.493 e. The van der Waals surface area contributed by atoms with E-state index in [-0.39, 0.29) is 18.1 Å². The fourth-order valence-corrected chi connectivity index (χ4v) is 2.50. The van der Waals surface area contributed by atoms with Crippen LogP contribution in [0.15, 0.2) is 47.0 Å². The molecule has 0 aliphatic heterocycles. The number of ether oxygens (including phenoxy) is 3. The van der Waals surface area contributed by atoms with E-state index in [9.17, 15) is 4.79 Å². The lowest BCUT2D eigenvalue weighted by molar-refractivity contribution is 0.0425. The molecule has 0 fully saturated rings. The minimum absolute atomic E-state index is 0.141. The second kappa shape index (κ2) is 7.69. The monoisotopic (exact) mass is 354 g/mol. The highest BCUT2D eigenvalue weighted by atomic mass is 16.6. The molecule has 1 heterocycles. The SMILES string of the molecule is COc1cccc(C(=O)OCc2nc(-c3ccccc3C)no2)c1OC. The van der Waals surface area contributed by atoms with Crippen LogP contribution >= 0.6 is 0 Å². The lowest BCUT2D eigenvalue weighted by Crippen LogP contribution is -2.08. The van der Waals surface area contributed by atoms with Crippen molar-refractivity contribution in [3.8, 4) is 22.9 Å². The standard InChI is InChI=1S/C19H18N2O5/c1-12-7-4-5-8-13(12)18-20-16(26-21-18)11-25-19(22)14-9-6-10-15(23-2)17(14)24-3/h4-10H,11H2,1-3H3. The Labute approximate surface area is 150 Å². The van der Waals surface area contributed by atoms with Gasteiger partial charge >= 0.3 is 5.97 Å². The molecule has 134 valence electrons. The first-order valence-corrected chi connectivity index (χ1v) is 7.90. The summed E-state index contributed by atoms with van der Waals surface area (Å²) in [4.78, 5) is 16.6. The summed E-state index contributed by atoms with van der Waals surface area (Å²) in [5.74, 6) is 0.843. The van der Waals surface area contributed by atoms with Crippen LogP contribution in [0.2, 0.25) is 0 Å². The Hall–Kier alpha value is -3.35. The van der Waals surface area contributed by atoms with Crippen molar-refractivity contribution in [2.24, 2.45) is 0 Å². The Morgan fingerprint density at radius 1 is 1.08 bits per heavy atom. The molecule has 3 aromatic rings. The van der Waals surface area contributed by atoms with Gasteiger partial charge in [0.05, 0.1) is 14.2 Å². The molecule has 3 rings (SSSR count). The first-order chi connectivity index (χ1) is 12.6. The number of carbonyl (C=O) groups excluding carboxylic acids is 1. The fraction of sp³-hybridized carbons (Fsp3) is 0.211. The van der Waals surface area contributed by atoms with Crippen molar-refractivity contribution >= 4 is 5.97 Å². The summed E-state index contributed by atoms with van der Waals surface area (Å²) in [6.07, 6.45) is 0. The van der Waals surface area contributed by atoms with Crippen molar-refractivity contribution in [1.82, 2.24) is 10.1 Å². The van der Waals surface area contributed by atoms with Gasteiger partial charge in [-0.1, -0.05) is 35.5 Å². The number of hydrogen-bond donors (Lipinski definition) is 0.